The Bertz CT molecular complexity index is 589. The molecule has 1 aliphatic carbocycles. The van der Waals surface area contributed by atoms with E-state index in [4.69, 9.17) is 11.6 Å². The van der Waals surface area contributed by atoms with Crippen molar-refractivity contribution >= 4 is 34.9 Å². The minimum atomic E-state index is -0.614. The summed E-state index contributed by atoms with van der Waals surface area (Å²) < 4.78 is 0. The topological polar surface area (TPSA) is 113 Å². The number of halogens is 1. The third-order valence-corrected chi connectivity index (χ3v) is 3.08. The van der Waals surface area contributed by atoms with E-state index in [-0.39, 0.29) is 23.3 Å². The van der Waals surface area contributed by atoms with Gasteiger partial charge >= 0.3 is 6.03 Å². The largest absolute Gasteiger partial charge is 0.376 e. The number of nitrogens with zero attached hydrogens (tertiary/aromatic N) is 1. The van der Waals surface area contributed by atoms with Crippen LogP contribution in [0.5, 0.6) is 0 Å². The molecule has 0 atom stereocenters. The van der Waals surface area contributed by atoms with Crippen molar-refractivity contribution in [2.45, 2.75) is 18.9 Å². The lowest BCUT2D eigenvalue weighted by molar-refractivity contribution is -0.384. The number of hydrogen-bond donors (Lipinski definition) is 3. The van der Waals surface area contributed by atoms with Crippen molar-refractivity contribution in [1.82, 2.24) is 10.6 Å². The normalized spacial score (nSPS) is 13.4. The van der Waals surface area contributed by atoms with Crippen LogP contribution < -0.4 is 16.0 Å². The maximum absolute atomic E-state index is 11.5. The number of imide groups is 1. The molecule has 3 N–H and O–H groups in total. The second kappa shape index (κ2) is 6.40. The number of carbonyl (C=O) groups is 2. The van der Waals surface area contributed by atoms with Gasteiger partial charge in [0.2, 0.25) is 5.91 Å². The highest BCUT2D eigenvalue weighted by Crippen LogP contribution is 2.27. The molecule has 112 valence electrons. The van der Waals surface area contributed by atoms with Crippen molar-refractivity contribution in [3.05, 3.63) is 33.3 Å². The number of benzene rings is 1. The quantitative estimate of drug-likeness (QED) is 0.565. The van der Waals surface area contributed by atoms with Crippen LogP contribution in [0.3, 0.4) is 0 Å². The van der Waals surface area contributed by atoms with Crippen LogP contribution in [0, 0.1) is 10.1 Å². The third kappa shape index (κ3) is 4.60. The van der Waals surface area contributed by atoms with Gasteiger partial charge in [-0.1, -0.05) is 11.6 Å². The Morgan fingerprint density at radius 1 is 1.38 bits per heavy atom. The Morgan fingerprint density at radius 3 is 2.71 bits per heavy atom. The fourth-order valence-electron chi connectivity index (χ4n) is 1.56. The number of rotatable bonds is 5. The Labute approximate surface area is 125 Å². The first kappa shape index (κ1) is 15.0. The number of urea groups is 1. The molecule has 0 spiro atoms. The van der Waals surface area contributed by atoms with Crippen LogP contribution in [0.2, 0.25) is 5.02 Å². The first-order chi connectivity index (χ1) is 9.95. The lowest BCUT2D eigenvalue weighted by Gasteiger charge is -2.08. The van der Waals surface area contributed by atoms with Crippen LogP contribution in [-0.4, -0.2) is 29.4 Å². The molecular formula is C12H13ClN4O4. The number of nitro groups is 1. The molecule has 21 heavy (non-hydrogen) atoms. The van der Waals surface area contributed by atoms with E-state index < -0.39 is 16.9 Å². The van der Waals surface area contributed by atoms with Crippen molar-refractivity contribution in [2.75, 3.05) is 11.9 Å². The molecule has 0 radical (unpaired) electrons. The van der Waals surface area contributed by atoms with Crippen molar-refractivity contribution in [3.63, 3.8) is 0 Å². The van der Waals surface area contributed by atoms with Gasteiger partial charge in [-0.3, -0.25) is 20.2 Å². The second-order valence-electron chi connectivity index (χ2n) is 4.57. The lowest BCUT2D eigenvalue weighted by atomic mass is 10.3. The monoisotopic (exact) mass is 312 g/mol. The summed E-state index contributed by atoms with van der Waals surface area (Å²) in [4.78, 5) is 33.0. The van der Waals surface area contributed by atoms with Crippen molar-refractivity contribution < 1.29 is 14.5 Å². The number of carbonyl (C=O) groups excluding carboxylic acids is 2. The number of hydrogen-bond acceptors (Lipinski definition) is 5. The molecule has 0 aromatic heterocycles. The molecule has 1 fully saturated rings. The smallest absolute Gasteiger partial charge is 0.321 e. The fraction of sp³-hybridized carbons (Fsp3) is 0.333. The van der Waals surface area contributed by atoms with Crippen LogP contribution >= 0.6 is 11.6 Å². The predicted molar refractivity (Wildman–Crippen MR) is 76.3 cm³/mol. The van der Waals surface area contributed by atoms with Crippen LogP contribution in [0.15, 0.2) is 18.2 Å². The molecule has 1 aromatic carbocycles. The predicted octanol–water partition coefficient (Wildman–Crippen LogP) is 1.65. The zero-order chi connectivity index (χ0) is 15.4. The Balaban J connectivity index is 1.84. The van der Waals surface area contributed by atoms with E-state index >= 15 is 0 Å². The molecule has 0 saturated heterocycles. The van der Waals surface area contributed by atoms with Gasteiger partial charge in [0.25, 0.3) is 5.69 Å². The molecule has 0 bridgehead atoms. The van der Waals surface area contributed by atoms with Crippen molar-refractivity contribution in [1.29, 1.82) is 0 Å². The minimum absolute atomic E-state index is 0.0128. The van der Waals surface area contributed by atoms with E-state index in [1.165, 1.54) is 18.2 Å². The molecule has 9 heteroatoms. The molecule has 3 amide bonds. The van der Waals surface area contributed by atoms with Gasteiger partial charge in [0.05, 0.1) is 11.5 Å². The highest BCUT2D eigenvalue weighted by atomic mass is 35.5. The van der Waals surface area contributed by atoms with Crippen molar-refractivity contribution in [3.8, 4) is 0 Å². The molecule has 1 saturated carbocycles. The average Bonchev–Trinajstić information content (AvgIpc) is 3.21. The van der Waals surface area contributed by atoms with E-state index in [0.717, 1.165) is 12.8 Å². The molecule has 0 aliphatic heterocycles. The molecule has 1 aliphatic rings. The van der Waals surface area contributed by atoms with Crippen LogP contribution in [0.1, 0.15) is 12.8 Å². The van der Waals surface area contributed by atoms with Gasteiger partial charge in [-0.2, -0.15) is 0 Å². The first-order valence-electron chi connectivity index (χ1n) is 6.24. The summed E-state index contributed by atoms with van der Waals surface area (Å²) in [5.74, 6) is -0.536. The van der Waals surface area contributed by atoms with Gasteiger partial charge in [0, 0.05) is 17.8 Å². The molecular weight excluding hydrogens is 300 g/mol. The highest BCUT2D eigenvalue weighted by Gasteiger charge is 2.23. The average molecular weight is 313 g/mol. The summed E-state index contributed by atoms with van der Waals surface area (Å²) in [6.07, 6.45) is 1.85. The Morgan fingerprint density at radius 2 is 2.10 bits per heavy atom. The fourth-order valence-corrected chi connectivity index (χ4v) is 1.75. The van der Waals surface area contributed by atoms with Crippen LogP contribution in [0.4, 0.5) is 16.2 Å². The van der Waals surface area contributed by atoms with Gasteiger partial charge in [0.15, 0.2) is 0 Å². The summed E-state index contributed by atoms with van der Waals surface area (Å²) >= 11 is 5.68. The summed E-state index contributed by atoms with van der Waals surface area (Å²) in [5, 5.41) is 18.2. The maximum atomic E-state index is 11.5. The van der Waals surface area contributed by atoms with Gasteiger partial charge in [-0.25, -0.2) is 4.79 Å². The maximum Gasteiger partial charge on any atom is 0.321 e. The Kier molecular flexibility index (Phi) is 4.59. The van der Waals surface area contributed by atoms with Crippen LogP contribution in [0.25, 0.3) is 0 Å². The number of anilines is 1. The number of amides is 3. The second-order valence-corrected chi connectivity index (χ2v) is 4.98. The molecule has 0 heterocycles. The highest BCUT2D eigenvalue weighted by molar-refractivity contribution is 6.32. The summed E-state index contributed by atoms with van der Waals surface area (Å²) in [6.45, 7) is -0.184. The van der Waals surface area contributed by atoms with Gasteiger partial charge in [-0.05, 0) is 25.0 Å². The number of nitrogens with one attached hydrogen (secondary N) is 3. The van der Waals surface area contributed by atoms with E-state index in [0.29, 0.717) is 5.69 Å². The summed E-state index contributed by atoms with van der Waals surface area (Å²) in [6, 6.07) is 3.71. The van der Waals surface area contributed by atoms with E-state index in [1.54, 1.807) is 0 Å². The standard InChI is InChI=1S/C12H13ClN4O4/c13-9-4-3-8(5-10(9)17(20)21)14-6-11(18)16-12(19)15-7-1-2-7/h3-5,7,14H,1-2,6H2,(H2,15,16,18,19). The summed E-state index contributed by atoms with van der Waals surface area (Å²) in [5.41, 5.74) is 0.109. The molecule has 1 aromatic rings. The first-order valence-corrected chi connectivity index (χ1v) is 6.61. The SMILES string of the molecule is O=C(CNc1ccc(Cl)c([N+](=O)[O-])c1)NC(=O)NC1CC1. The molecule has 2 rings (SSSR count). The molecule has 0 unspecified atom stereocenters. The van der Waals surface area contributed by atoms with E-state index in [1.807, 2.05) is 0 Å². The zero-order valence-corrected chi connectivity index (χ0v) is 11.6. The van der Waals surface area contributed by atoms with E-state index in [2.05, 4.69) is 16.0 Å². The Hall–Kier alpha value is -2.35. The van der Waals surface area contributed by atoms with Crippen molar-refractivity contribution in [2.24, 2.45) is 0 Å². The van der Waals surface area contributed by atoms with Gasteiger partial charge in [0.1, 0.15) is 5.02 Å². The minimum Gasteiger partial charge on any atom is -0.376 e. The lowest BCUT2D eigenvalue weighted by Crippen LogP contribution is -2.42. The molecule has 8 nitrogen and oxygen atoms in total. The summed E-state index contributed by atoms with van der Waals surface area (Å²) in [7, 11) is 0. The zero-order valence-electron chi connectivity index (χ0n) is 10.9. The van der Waals surface area contributed by atoms with Gasteiger partial charge < -0.3 is 10.6 Å². The van der Waals surface area contributed by atoms with E-state index in [9.17, 15) is 19.7 Å². The van der Waals surface area contributed by atoms with Gasteiger partial charge in [-0.15, -0.1) is 0 Å². The number of nitro benzene ring substituents is 1. The van der Waals surface area contributed by atoms with Crippen LogP contribution in [-0.2, 0) is 4.79 Å². The third-order valence-electron chi connectivity index (χ3n) is 2.76.